The lowest BCUT2D eigenvalue weighted by Gasteiger charge is -2.11. The zero-order chi connectivity index (χ0) is 17.7. The van der Waals surface area contributed by atoms with Crippen LogP contribution >= 0.6 is 0 Å². The Bertz CT molecular complexity index is 771. The zero-order valence-corrected chi connectivity index (χ0v) is 12.5. The minimum Gasteiger partial charge on any atom is -0.288 e. The smallest absolute Gasteiger partial charge is 0.274 e. The second kappa shape index (κ2) is 7.42. The van der Waals surface area contributed by atoms with Crippen molar-refractivity contribution >= 4 is 18.0 Å². The molecule has 6 nitrogen and oxygen atoms in total. The van der Waals surface area contributed by atoms with Gasteiger partial charge in [0.2, 0.25) is 0 Å². The van der Waals surface area contributed by atoms with Gasteiger partial charge in [0.15, 0.2) is 0 Å². The number of benzene rings is 2. The fourth-order valence-electron chi connectivity index (χ4n) is 1.87. The highest BCUT2D eigenvalue weighted by Gasteiger charge is 2.15. The van der Waals surface area contributed by atoms with E-state index < -0.39 is 34.6 Å². The summed E-state index contributed by atoms with van der Waals surface area (Å²) in [7, 11) is 1.34. The van der Waals surface area contributed by atoms with Crippen LogP contribution in [0.3, 0.4) is 0 Å². The topological polar surface area (TPSA) is 82.0 Å². The molecule has 24 heavy (non-hydrogen) atoms. The Morgan fingerprint density at radius 1 is 1.12 bits per heavy atom. The van der Waals surface area contributed by atoms with Crippen molar-refractivity contribution in [3.63, 3.8) is 0 Å². The van der Waals surface area contributed by atoms with Crippen LogP contribution in [0.15, 0.2) is 47.6 Å². The van der Waals surface area contributed by atoms with Crippen LogP contribution in [0.4, 0.5) is 8.78 Å². The van der Waals surface area contributed by atoms with Crippen LogP contribution in [-0.2, 0) is 0 Å². The van der Waals surface area contributed by atoms with Crippen molar-refractivity contribution in [1.29, 1.82) is 0 Å². The van der Waals surface area contributed by atoms with Crippen molar-refractivity contribution < 1.29 is 23.6 Å². The maximum absolute atomic E-state index is 13.9. The molecule has 0 aliphatic heterocycles. The molecule has 2 aromatic carbocycles. The minimum absolute atomic E-state index is 0.369. The van der Waals surface area contributed by atoms with Gasteiger partial charge < -0.3 is 0 Å². The number of halogens is 2. The molecule has 0 aromatic heterocycles. The average molecular weight is 333 g/mol. The van der Waals surface area contributed by atoms with Crippen LogP contribution in [0.25, 0.3) is 0 Å². The predicted molar refractivity (Wildman–Crippen MR) is 81.7 cm³/mol. The molecular formula is C16H13F2N3O3. The molecule has 2 N–H and O–H groups in total. The number of hydrazone groups is 1. The van der Waals surface area contributed by atoms with Gasteiger partial charge in [-0.1, -0.05) is 18.2 Å². The van der Waals surface area contributed by atoms with Gasteiger partial charge in [-0.15, -0.1) is 0 Å². The second-order valence-electron chi connectivity index (χ2n) is 4.73. The molecule has 0 bridgehead atoms. The highest BCUT2D eigenvalue weighted by atomic mass is 19.1. The Morgan fingerprint density at radius 3 is 2.25 bits per heavy atom. The summed E-state index contributed by atoms with van der Waals surface area (Å²) in [6.07, 6.45) is 0.839. The van der Waals surface area contributed by atoms with Gasteiger partial charge >= 0.3 is 0 Å². The fourth-order valence-corrected chi connectivity index (χ4v) is 1.87. The van der Waals surface area contributed by atoms with Gasteiger partial charge in [-0.3, -0.25) is 14.8 Å². The van der Waals surface area contributed by atoms with E-state index >= 15 is 0 Å². The molecule has 0 radical (unpaired) electrons. The van der Waals surface area contributed by atoms with Crippen LogP contribution < -0.4 is 5.48 Å². The first kappa shape index (κ1) is 17.2. The maximum atomic E-state index is 13.9. The number of amides is 2. The summed E-state index contributed by atoms with van der Waals surface area (Å²) in [5.41, 5.74) is 0.741. The van der Waals surface area contributed by atoms with Crippen molar-refractivity contribution in [3.8, 4) is 0 Å². The minimum atomic E-state index is -1.06. The quantitative estimate of drug-likeness (QED) is 0.511. The SMILES string of the molecule is CN(N=Cc1c(F)cc(C(=O)NO)cc1F)C(=O)c1ccccc1. The predicted octanol–water partition coefficient (Wildman–Crippen LogP) is 2.19. The third-order valence-electron chi connectivity index (χ3n) is 3.12. The first-order chi connectivity index (χ1) is 11.4. The van der Waals surface area contributed by atoms with Gasteiger partial charge in [0.1, 0.15) is 11.6 Å². The van der Waals surface area contributed by atoms with Crippen LogP contribution in [0.1, 0.15) is 26.3 Å². The van der Waals surface area contributed by atoms with Crippen LogP contribution in [0.2, 0.25) is 0 Å². The van der Waals surface area contributed by atoms with E-state index in [9.17, 15) is 18.4 Å². The number of nitrogens with one attached hydrogen (secondary N) is 1. The first-order valence-corrected chi connectivity index (χ1v) is 6.74. The number of carbonyl (C=O) groups is 2. The van der Waals surface area contributed by atoms with E-state index in [-0.39, 0.29) is 0 Å². The molecule has 0 atom stereocenters. The molecule has 0 aliphatic rings. The molecule has 124 valence electrons. The van der Waals surface area contributed by atoms with Crippen molar-refractivity contribution in [2.24, 2.45) is 5.10 Å². The molecule has 0 spiro atoms. The van der Waals surface area contributed by atoms with Gasteiger partial charge in [-0.05, 0) is 24.3 Å². The maximum Gasteiger partial charge on any atom is 0.274 e. The summed E-state index contributed by atoms with van der Waals surface area (Å²) in [5, 5.41) is 13.1. The number of nitrogens with zero attached hydrogens (tertiary/aromatic N) is 2. The number of carbonyl (C=O) groups excluding carboxylic acids is 2. The molecule has 0 saturated heterocycles. The molecular weight excluding hydrogens is 320 g/mol. The van der Waals surface area contributed by atoms with Gasteiger partial charge in [-0.2, -0.15) is 5.10 Å². The van der Waals surface area contributed by atoms with Gasteiger partial charge in [0.05, 0.1) is 11.8 Å². The van der Waals surface area contributed by atoms with E-state index in [1.54, 1.807) is 30.3 Å². The Hall–Kier alpha value is -3.13. The van der Waals surface area contributed by atoms with E-state index in [4.69, 9.17) is 5.21 Å². The average Bonchev–Trinajstić information content (AvgIpc) is 2.59. The van der Waals surface area contributed by atoms with E-state index in [0.717, 1.165) is 23.4 Å². The molecule has 0 unspecified atom stereocenters. The highest BCUT2D eigenvalue weighted by molar-refractivity contribution is 5.96. The monoisotopic (exact) mass is 333 g/mol. The summed E-state index contributed by atoms with van der Waals surface area (Å²) < 4.78 is 27.8. The van der Waals surface area contributed by atoms with Crippen LogP contribution in [-0.4, -0.2) is 35.3 Å². The second-order valence-corrected chi connectivity index (χ2v) is 4.73. The standard InChI is InChI=1S/C16H13F2N3O3/c1-21(16(23)10-5-3-2-4-6-10)19-9-12-13(17)7-11(8-14(12)18)15(22)20-24/h2-9,24H,1H3,(H,20,22). The number of hydroxylamine groups is 1. The van der Waals surface area contributed by atoms with Crippen molar-refractivity contribution in [2.45, 2.75) is 0 Å². The first-order valence-electron chi connectivity index (χ1n) is 6.74. The summed E-state index contributed by atoms with van der Waals surface area (Å²) in [5.74, 6) is -3.62. The van der Waals surface area contributed by atoms with Crippen molar-refractivity contribution in [1.82, 2.24) is 10.5 Å². The summed E-state index contributed by atoms with van der Waals surface area (Å²) in [6.45, 7) is 0. The van der Waals surface area contributed by atoms with E-state index in [1.165, 1.54) is 12.5 Å². The normalized spacial score (nSPS) is 10.7. The molecule has 0 fully saturated rings. The largest absolute Gasteiger partial charge is 0.288 e. The van der Waals surface area contributed by atoms with Gasteiger partial charge in [0.25, 0.3) is 11.8 Å². The van der Waals surface area contributed by atoms with E-state index in [2.05, 4.69) is 5.10 Å². The van der Waals surface area contributed by atoms with E-state index in [0.29, 0.717) is 5.56 Å². The summed E-state index contributed by atoms with van der Waals surface area (Å²) in [6, 6.07) is 9.75. The Balaban J connectivity index is 2.22. The Labute approximate surface area is 136 Å². The summed E-state index contributed by atoms with van der Waals surface area (Å²) >= 11 is 0. The lowest BCUT2D eigenvalue weighted by molar-refractivity contribution is 0.0705. The highest BCUT2D eigenvalue weighted by Crippen LogP contribution is 2.14. The lowest BCUT2D eigenvalue weighted by Crippen LogP contribution is -2.21. The lowest BCUT2D eigenvalue weighted by atomic mass is 10.1. The third-order valence-corrected chi connectivity index (χ3v) is 3.12. The molecule has 2 aromatic rings. The molecule has 0 aliphatic carbocycles. The summed E-state index contributed by atoms with van der Waals surface area (Å²) in [4.78, 5) is 23.2. The molecule has 2 rings (SSSR count). The van der Waals surface area contributed by atoms with Gasteiger partial charge in [0, 0.05) is 18.2 Å². The number of rotatable bonds is 4. The third kappa shape index (κ3) is 3.79. The van der Waals surface area contributed by atoms with E-state index in [1.807, 2.05) is 0 Å². The molecule has 0 heterocycles. The fraction of sp³-hybridized carbons (Fsp3) is 0.0625. The van der Waals surface area contributed by atoms with Crippen LogP contribution in [0, 0.1) is 11.6 Å². The van der Waals surface area contributed by atoms with Crippen molar-refractivity contribution in [3.05, 3.63) is 70.8 Å². The number of hydrogen-bond donors (Lipinski definition) is 2. The number of hydrogen-bond acceptors (Lipinski definition) is 4. The molecule has 8 heteroatoms. The molecule has 0 saturated carbocycles. The van der Waals surface area contributed by atoms with Crippen LogP contribution in [0.5, 0.6) is 0 Å². The van der Waals surface area contributed by atoms with Crippen molar-refractivity contribution in [2.75, 3.05) is 7.05 Å². The molecule has 2 amide bonds. The Morgan fingerprint density at radius 2 is 1.71 bits per heavy atom. The van der Waals surface area contributed by atoms with Gasteiger partial charge in [-0.25, -0.2) is 19.3 Å². The zero-order valence-electron chi connectivity index (χ0n) is 12.5. The Kier molecular flexibility index (Phi) is 5.33.